The summed E-state index contributed by atoms with van der Waals surface area (Å²) in [5.41, 5.74) is 0.975. The van der Waals surface area contributed by atoms with Crippen molar-refractivity contribution in [2.45, 2.75) is 76.4 Å². The standard InChI is InChI=1S/C25H37NO5/c1-24(2,3)31-23(27)9-12-26-13-10-25(11-14-26)18-30-22-16-19(7-8-21(22)25)29-17-20-6-4-5-15-28-20/h7-8,16,20H,4-6,9-15,17-18H2,1-3H3. The molecule has 2 fully saturated rings. The summed E-state index contributed by atoms with van der Waals surface area (Å²) in [6.45, 7) is 10.6. The molecule has 0 amide bonds. The highest BCUT2D eigenvalue weighted by molar-refractivity contribution is 5.70. The fraction of sp³-hybridized carbons (Fsp3) is 0.720. The minimum absolute atomic E-state index is 0.0861. The van der Waals surface area contributed by atoms with Gasteiger partial charge in [-0.2, -0.15) is 0 Å². The second-order valence-corrected chi connectivity index (χ2v) is 10.2. The molecule has 4 rings (SSSR count). The molecular weight excluding hydrogens is 394 g/mol. The zero-order chi connectivity index (χ0) is 21.9. The molecule has 1 aromatic carbocycles. The molecule has 6 nitrogen and oxygen atoms in total. The van der Waals surface area contributed by atoms with E-state index in [2.05, 4.69) is 17.0 Å². The van der Waals surface area contributed by atoms with E-state index in [-0.39, 0.29) is 17.5 Å². The Bertz CT molecular complexity index is 758. The van der Waals surface area contributed by atoms with Gasteiger partial charge in [0.2, 0.25) is 0 Å². The molecule has 1 unspecified atom stereocenters. The summed E-state index contributed by atoms with van der Waals surface area (Å²) in [7, 11) is 0. The lowest BCUT2D eigenvalue weighted by molar-refractivity contribution is -0.155. The Kier molecular flexibility index (Phi) is 6.77. The highest BCUT2D eigenvalue weighted by Gasteiger charge is 2.43. The van der Waals surface area contributed by atoms with Crippen LogP contribution in [-0.2, 0) is 19.7 Å². The summed E-state index contributed by atoms with van der Waals surface area (Å²) in [6, 6.07) is 6.31. The number of rotatable bonds is 6. The van der Waals surface area contributed by atoms with Gasteiger partial charge in [0.05, 0.1) is 19.1 Å². The van der Waals surface area contributed by atoms with Crippen LogP contribution in [0.4, 0.5) is 0 Å². The molecule has 2 saturated heterocycles. The number of ether oxygens (including phenoxy) is 4. The number of carbonyl (C=O) groups excluding carboxylic acids is 1. The molecule has 3 aliphatic rings. The Morgan fingerprint density at radius 2 is 2.03 bits per heavy atom. The van der Waals surface area contributed by atoms with Crippen LogP contribution in [0.5, 0.6) is 11.5 Å². The van der Waals surface area contributed by atoms with Crippen molar-refractivity contribution in [2.24, 2.45) is 0 Å². The lowest BCUT2D eigenvalue weighted by Gasteiger charge is -2.38. The molecule has 172 valence electrons. The molecule has 0 saturated carbocycles. The van der Waals surface area contributed by atoms with E-state index in [4.69, 9.17) is 18.9 Å². The van der Waals surface area contributed by atoms with Gasteiger partial charge in [0.15, 0.2) is 0 Å². The van der Waals surface area contributed by atoms with E-state index in [9.17, 15) is 4.79 Å². The van der Waals surface area contributed by atoms with E-state index < -0.39 is 5.60 Å². The Morgan fingerprint density at radius 1 is 1.23 bits per heavy atom. The van der Waals surface area contributed by atoms with E-state index in [1.54, 1.807) is 0 Å². The third kappa shape index (κ3) is 5.72. The number of hydrogen-bond acceptors (Lipinski definition) is 6. The van der Waals surface area contributed by atoms with E-state index in [1.165, 1.54) is 12.0 Å². The molecule has 3 aliphatic heterocycles. The SMILES string of the molecule is CC(C)(C)OC(=O)CCN1CCC2(CC1)COc1cc(OCC3CCCCO3)ccc12. The van der Waals surface area contributed by atoms with Crippen LogP contribution in [-0.4, -0.2) is 62.0 Å². The lowest BCUT2D eigenvalue weighted by atomic mass is 9.74. The van der Waals surface area contributed by atoms with Gasteiger partial charge in [-0.05, 0) is 72.0 Å². The van der Waals surface area contributed by atoms with Gasteiger partial charge in [0.25, 0.3) is 0 Å². The Labute approximate surface area is 186 Å². The van der Waals surface area contributed by atoms with Crippen LogP contribution in [0.25, 0.3) is 0 Å². The summed E-state index contributed by atoms with van der Waals surface area (Å²) >= 11 is 0. The van der Waals surface area contributed by atoms with Crippen molar-refractivity contribution in [3.8, 4) is 11.5 Å². The molecular formula is C25H37NO5. The molecule has 6 heteroatoms. The van der Waals surface area contributed by atoms with Gasteiger partial charge in [-0.3, -0.25) is 4.79 Å². The van der Waals surface area contributed by atoms with Gasteiger partial charge in [-0.1, -0.05) is 6.07 Å². The van der Waals surface area contributed by atoms with Crippen LogP contribution in [0.2, 0.25) is 0 Å². The topological polar surface area (TPSA) is 57.2 Å². The number of fused-ring (bicyclic) bond motifs is 2. The second-order valence-electron chi connectivity index (χ2n) is 10.2. The van der Waals surface area contributed by atoms with Gasteiger partial charge in [-0.15, -0.1) is 0 Å². The monoisotopic (exact) mass is 431 g/mol. The first kappa shape index (κ1) is 22.4. The highest BCUT2D eigenvalue weighted by Crippen LogP contribution is 2.46. The van der Waals surface area contributed by atoms with Crippen LogP contribution in [0.15, 0.2) is 18.2 Å². The third-order valence-electron chi connectivity index (χ3n) is 6.60. The number of piperidine rings is 1. The molecule has 0 aromatic heterocycles. The Balaban J connectivity index is 1.28. The Morgan fingerprint density at radius 3 is 2.74 bits per heavy atom. The number of likely N-dealkylation sites (tertiary alicyclic amines) is 1. The van der Waals surface area contributed by atoms with Crippen LogP contribution in [0, 0.1) is 0 Å². The average Bonchev–Trinajstić information content (AvgIpc) is 3.09. The van der Waals surface area contributed by atoms with Crippen molar-refractivity contribution in [2.75, 3.05) is 39.5 Å². The first-order chi connectivity index (χ1) is 14.8. The molecule has 1 spiro atoms. The van der Waals surface area contributed by atoms with Crippen molar-refractivity contribution in [1.29, 1.82) is 0 Å². The van der Waals surface area contributed by atoms with Crippen molar-refractivity contribution in [1.82, 2.24) is 4.90 Å². The molecule has 0 radical (unpaired) electrons. The first-order valence-electron chi connectivity index (χ1n) is 11.8. The number of nitrogens with zero attached hydrogens (tertiary/aromatic N) is 1. The van der Waals surface area contributed by atoms with Crippen molar-refractivity contribution in [3.63, 3.8) is 0 Å². The predicted molar refractivity (Wildman–Crippen MR) is 119 cm³/mol. The van der Waals surface area contributed by atoms with Gasteiger partial charge >= 0.3 is 5.97 Å². The summed E-state index contributed by atoms with van der Waals surface area (Å²) < 4.78 is 23.3. The smallest absolute Gasteiger partial charge is 0.307 e. The number of benzene rings is 1. The fourth-order valence-corrected chi connectivity index (χ4v) is 4.83. The van der Waals surface area contributed by atoms with Crippen LogP contribution in [0.3, 0.4) is 0 Å². The average molecular weight is 432 g/mol. The minimum Gasteiger partial charge on any atom is -0.492 e. The van der Waals surface area contributed by atoms with Gasteiger partial charge in [-0.25, -0.2) is 0 Å². The number of esters is 1. The molecule has 3 heterocycles. The maximum Gasteiger partial charge on any atom is 0.307 e. The van der Waals surface area contributed by atoms with Gasteiger partial charge in [0, 0.05) is 30.2 Å². The molecule has 1 aromatic rings. The zero-order valence-corrected chi connectivity index (χ0v) is 19.3. The zero-order valence-electron chi connectivity index (χ0n) is 19.3. The quantitative estimate of drug-likeness (QED) is 0.633. The molecule has 1 atom stereocenters. The van der Waals surface area contributed by atoms with Crippen molar-refractivity contribution < 1.29 is 23.7 Å². The summed E-state index contributed by atoms with van der Waals surface area (Å²) in [6.07, 6.45) is 6.20. The summed E-state index contributed by atoms with van der Waals surface area (Å²) in [4.78, 5) is 14.4. The van der Waals surface area contributed by atoms with E-state index >= 15 is 0 Å². The third-order valence-corrected chi connectivity index (χ3v) is 6.60. The summed E-state index contributed by atoms with van der Waals surface area (Å²) in [5.74, 6) is 1.71. The lowest BCUT2D eigenvalue weighted by Crippen LogP contribution is -2.44. The number of carbonyl (C=O) groups is 1. The summed E-state index contributed by atoms with van der Waals surface area (Å²) in [5, 5.41) is 0. The maximum absolute atomic E-state index is 12.0. The largest absolute Gasteiger partial charge is 0.492 e. The minimum atomic E-state index is -0.417. The van der Waals surface area contributed by atoms with E-state index in [1.807, 2.05) is 26.8 Å². The van der Waals surface area contributed by atoms with Gasteiger partial charge < -0.3 is 23.8 Å². The molecule has 31 heavy (non-hydrogen) atoms. The first-order valence-corrected chi connectivity index (χ1v) is 11.8. The molecule has 0 N–H and O–H groups in total. The predicted octanol–water partition coefficient (Wildman–Crippen LogP) is 4.09. The second kappa shape index (κ2) is 9.37. The maximum atomic E-state index is 12.0. The van der Waals surface area contributed by atoms with Crippen LogP contribution >= 0.6 is 0 Å². The van der Waals surface area contributed by atoms with Crippen molar-refractivity contribution >= 4 is 5.97 Å². The Hall–Kier alpha value is -1.79. The van der Waals surface area contributed by atoms with Gasteiger partial charge in [0.1, 0.15) is 23.7 Å². The fourth-order valence-electron chi connectivity index (χ4n) is 4.83. The number of hydrogen-bond donors (Lipinski definition) is 0. The van der Waals surface area contributed by atoms with Crippen LogP contribution < -0.4 is 9.47 Å². The van der Waals surface area contributed by atoms with E-state index in [0.29, 0.717) is 13.0 Å². The highest BCUT2D eigenvalue weighted by atomic mass is 16.6. The van der Waals surface area contributed by atoms with E-state index in [0.717, 1.165) is 70.0 Å². The van der Waals surface area contributed by atoms with Crippen molar-refractivity contribution in [3.05, 3.63) is 23.8 Å². The van der Waals surface area contributed by atoms with Crippen LogP contribution in [0.1, 0.15) is 64.9 Å². The molecule has 0 aliphatic carbocycles. The normalized spacial score (nSPS) is 23.3. The molecule has 0 bridgehead atoms.